The fourth-order valence-corrected chi connectivity index (χ4v) is 3.04. The van der Waals surface area contributed by atoms with Gasteiger partial charge in [-0.05, 0) is 40.5 Å². The molecule has 0 aliphatic heterocycles. The van der Waals surface area contributed by atoms with Crippen molar-refractivity contribution in [1.29, 1.82) is 0 Å². The van der Waals surface area contributed by atoms with Crippen LogP contribution in [-0.2, 0) is 19.3 Å². The van der Waals surface area contributed by atoms with E-state index in [0.29, 0.717) is 28.0 Å². The molecule has 0 radical (unpaired) electrons. The quantitative estimate of drug-likeness (QED) is 0.645. The Morgan fingerprint density at radius 3 is 2.74 bits per heavy atom. The number of aryl methyl sites for hydroxylation is 1. The van der Waals surface area contributed by atoms with Crippen molar-refractivity contribution in [2.75, 3.05) is 5.32 Å². The van der Waals surface area contributed by atoms with Crippen molar-refractivity contribution in [1.82, 2.24) is 19.6 Å². The van der Waals surface area contributed by atoms with Crippen LogP contribution in [0.5, 0.6) is 0 Å². The lowest BCUT2D eigenvalue weighted by atomic mass is 10.1. The number of nitrogens with zero attached hydrogens (tertiary/aromatic N) is 4. The van der Waals surface area contributed by atoms with E-state index < -0.39 is 11.7 Å². The lowest BCUT2D eigenvalue weighted by Gasteiger charge is -2.08. The molecule has 0 saturated carbocycles. The molecule has 27 heavy (non-hydrogen) atoms. The van der Waals surface area contributed by atoms with Gasteiger partial charge < -0.3 is 5.32 Å². The molecular formula is C17H15BrF3N5O. The van der Waals surface area contributed by atoms with Crippen LogP contribution in [0.4, 0.5) is 18.9 Å². The van der Waals surface area contributed by atoms with Gasteiger partial charge in [0, 0.05) is 12.7 Å². The number of benzene rings is 1. The Morgan fingerprint density at radius 1 is 1.26 bits per heavy atom. The summed E-state index contributed by atoms with van der Waals surface area (Å²) in [6, 6.07) is 5.05. The standard InChI is InChI=1S/C17H15BrF3N5O/c1-2-26-15(14(18)8-23-26)16(27)24-13-7-22-25(10-13)9-11-4-3-5-12(6-11)17(19,20)21/h3-8,10H,2,9H2,1H3,(H,24,27). The van der Waals surface area contributed by atoms with E-state index in [1.165, 1.54) is 23.1 Å². The van der Waals surface area contributed by atoms with Gasteiger partial charge in [-0.1, -0.05) is 12.1 Å². The number of alkyl halides is 3. The molecule has 3 aromatic rings. The number of halogens is 4. The van der Waals surface area contributed by atoms with Crippen LogP contribution in [0.15, 0.2) is 47.3 Å². The van der Waals surface area contributed by atoms with Gasteiger partial charge in [0.2, 0.25) is 0 Å². The lowest BCUT2D eigenvalue weighted by molar-refractivity contribution is -0.137. The molecule has 0 fully saturated rings. The molecule has 3 rings (SSSR count). The second-order valence-corrected chi connectivity index (χ2v) is 6.59. The largest absolute Gasteiger partial charge is 0.416 e. The molecule has 1 N–H and O–H groups in total. The van der Waals surface area contributed by atoms with Gasteiger partial charge in [-0.2, -0.15) is 23.4 Å². The Morgan fingerprint density at radius 2 is 2.04 bits per heavy atom. The van der Waals surface area contributed by atoms with E-state index in [2.05, 4.69) is 31.4 Å². The highest BCUT2D eigenvalue weighted by molar-refractivity contribution is 9.10. The number of nitrogens with one attached hydrogen (secondary N) is 1. The highest BCUT2D eigenvalue weighted by Crippen LogP contribution is 2.29. The first-order chi connectivity index (χ1) is 12.8. The van der Waals surface area contributed by atoms with E-state index in [4.69, 9.17) is 0 Å². The minimum absolute atomic E-state index is 0.149. The molecule has 6 nitrogen and oxygen atoms in total. The lowest BCUT2D eigenvalue weighted by Crippen LogP contribution is -2.17. The molecule has 0 spiro atoms. The van der Waals surface area contributed by atoms with Crippen LogP contribution in [0.2, 0.25) is 0 Å². The number of hydrogen-bond donors (Lipinski definition) is 1. The van der Waals surface area contributed by atoms with Gasteiger partial charge in [-0.15, -0.1) is 0 Å². The first kappa shape index (κ1) is 19.2. The monoisotopic (exact) mass is 441 g/mol. The Labute approximate surface area is 161 Å². The molecular weight excluding hydrogens is 427 g/mol. The molecule has 0 unspecified atom stereocenters. The second-order valence-electron chi connectivity index (χ2n) is 5.74. The maximum Gasteiger partial charge on any atom is 0.416 e. The summed E-state index contributed by atoms with van der Waals surface area (Å²) < 4.78 is 42.0. The topological polar surface area (TPSA) is 64.7 Å². The van der Waals surface area contributed by atoms with Crippen molar-refractivity contribution in [3.05, 3.63) is 64.1 Å². The number of hydrogen-bond acceptors (Lipinski definition) is 3. The van der Waals surface area contributed by atoms with Crippen LogP contribution in [-0.4, -0.2) is 25.5 Å². The van der Waals surface area contributed by atoms with Crippen molar-refractivity contribution in [2.45, 2.75) is 26.2 Å². The molecule has 0 atom stereocenters. The van der Waals surface area contributed by atoms with Crippen molar-refractivity contribution >= 4 is 27.5 Å². The summed E-state index contributed by atoms with van der Waals surface area (Å²) in [4.78, 5) is 12.4. The first-order valence-electron chi connectivity index (χ1n) is 7.99. The summed E-state index contributed by atoms with van der Waals surface area (Å²) >= 11 is 3.29. The van der Waals surface area contributed by atoms with E-state index in [1.54, 1.807) is 16.9 Å². The highest BCUT2D eigenvalue weighted by Gasteiger charge is 2.30. The van der Waals surface area contributed by atoms with Crippen LogP contribution in [0.3, 0.4) is 0 Å². The van der Waals surface area contributed by atoms with E-state index >= 15 is 0 Å². The van der Waals surface area contributed by atoms with Crippen molar-refractivity contribution in [3.63, 3.8) is 0 Å². The van der Waals surface area contributed by atoms with Gasteiger partial charge in [0.05, 0.1) is 34.7 Å². The smallest absolute Gasteiger partial charge is 0.318 e. The summed E-state index contributed by atoms with van der Waals surface area (Å²) in [7, 11) is 0. The van der Waals surface area contributed by atoms with Crippen LogP contribution in [0.1, 0.15) is 28.5 Å². The van der Waals surface area contributed by atoms with E-state index in [0.717, 1.165) is 12.1 Å². The van der Waals surface area contributed by atoms with Gasteiger partial charge >= 0.3 is 6.18 Å². The van der Waals surface area contributed by atoms with Gasteiger partial charge in [0.1, 0.15) is 5.69 Å². The van der Waals surface area contributed by atoms with Crippen molar-refractivity contribution in [3.8, 4) is 0 Å². The fraction of sp³-hybridized carbons (Fsp3) is 0.235. The summed E-state index contributed by atoms with van der Waals surface area (Å²) in [5, 5.41) is 10.9. The van der Waals surface area contributed by atoms with Gasteiger partial charge in [-0.25, -0.2) is 0 Å². The average molecular weight is 442 g/mol. The number of anilines is 1. The molecule has 1 amide bonds. The number of rotatable bonds is 5. The minimum atomic E-state index is -4.39. The molecule has 142 valence electrons. The maximum atomic E-state index is 12.8. The van der Waals surface area contributed by atoms with Crippen LogP contribution >= 0.6 is 15.9 Å². The third kappa shape index (κ3) is 4.38. The number of carbonyl (C=O) groups is 1. The zero-order valence-electron chi connectivity index (χ0n) is 14.2. The Kier molecular flexibility index (Phi) is 5.36. The third-order valence-electron chi connectivity index (χ3n) is 3.80. The summed E-state index contributed by atoms with van der Waals surface area (Å²) in [6.07, 6.45) is 0.134. The molecule has 0 aliphatic carbocycles. The molecule has 0 saturated heterocycles. The molecule has 2 aromatic heterocycles. The second kappa shape index (κ2) is 7.55. The normalized spacial score (nSPS) is 11.6. The molecule has 2 heterocycles. The number of amides is 1. The first-order valence-corrected chi connectivity index (χ1v) is 8.78. The number of carbonyl (C=O) groups excluding carboxylic acids is 1. The predicted molar refractivity (Wildman–Crippen MR) is 96.3 cm³/mol. The fourth-order valence-electron chi connectivity index (χ4n) is 2.57. The summed E-state index contributed by atoms with van der Waals surface area (Å²) in [5.74, 6) is -0.361. The zero-order chi connectivity index (χ0) is 19.6. The number of aromatic nitrogens is 4. The zero-order valence-corrected chi connectivity index (χ0v) is 15.8. The minimum Gasteiger partial charge on any atom is -0.318 e. The summed E-state index contributed by atoms with van der Waals surface area (Å²) in [6.45, 7) is 2.54. The molecule has 1 aromatic carbocycles. The molecule has 0 aliphatic rings. The van der Waals surface area contributed by atoms with Gasteiger partial charge in [0.15, 0.2) is 0 Å². The SMILES string of the molecule is CCn1ncc(Br)c1C(=O)Nc1cnn(Cc2cccc(C(F)(F)F)c2)c1. The third-order valence-corrected chi connectivity index (χ3v) is 4.38. The average Bonchev–Trinajstić information content (AvgIpc) is 3.20. The van der Waals surface area contributed by atoms with Gasteiger partial charge in [-0.3, -0.25) is 14.2 Å². The Balaban J connectivity index is 1.72. The van der Waals surface area contributed by atoms with Crippen LogP contribution < -0.4 is 5.32 Å². The van der Waals surface area contributed by atoms with E-state index in [1.807, 2.05) is 6.92 Å². The molecule has 0 bridgehead atoms. The van der Waals surface area contributed by atoms with E-state index in [9.17, 15) is 18.0 Å². The summed E-state index contributed by atoms with van der Waals surface area (Å²) in [5.41, 5.74) is 0.557. The highest BCUT2D eigenvalue weighted by atomic mass is 79.9. The molecule has 10 heteroatoms. The van der Waals surface area contributed by atoms with Gasteiger partial charge in [0.25, 0.3) is 5.91 Å². The predicted octanol–water partition coefficient (Wildman–Crippen LogP) is 4.18. The van der Waals surface area contributed by atoms with Crippen molar-refractivity contribution in [2.24, 2.45) is 0 Å². The van der Waals surface area contributed by atoms with Crippen LogP contribution in [0.25, 0.3) is 0 Å². The van der Waals surface area contributed by atoms with Crippen LogP contribution in [0, 0.1) is 0 Å². The maximum absolute atomic E-state index is 12.8. The van der Waals surface area contributed by atoms with E-state index in [-0.39, 0.29) is 12.5 Å². The van der Waals surface area contributed by atoms with Crippen molar-refractivity contribution < 1.29 is 18.0 Å². The Hall–Kier alpha value is -2.62. The Bertz CT molecular complexity index is 964.